The average Bonchev–Trinajstić information content (AvgIpc) is 3.06. The molecule has 0 radical (unpaired) electrons. The van der Waals surface area contributed by atoms with Gasteiger partial charge >= 0.3 is 29.8 Å². The summed E-state index contributed by atoms with van der Waals surface area (Å²) in [6.45, 7) is 11.1. The Morgan fingerprint density at radius 1 is 0.792 bits per heavy atom. The van der Waals surface area contributed by atoms with Crippen LogP contribution in [0, 0.1) is 0 Å². The maximum atomic E-state index is 13.2. The van der Waals surface area contributed by atoms with Gasteiger partial charge in [0.1, 0.15) is 6.04 Å². The van der Waals surface area contributed by atoms with E-state index in [2.05, 4.69) is 15.1 Å². The first-order chi connectivity index (χ1) is 22.8. The number of aliphatic hydroxyl groups is 1. The first-order valence-corrected chi connectivity index (χ1v) is 15.5. The number of carbonyl (C=O) groups is 7. The Balaban J connectivity index is 0.00000156. The van der Waals surface area contributed by atoms with E-state index in [9.17, 15) is 14.4 Å². The molecule has 48 heavy (non-hydrogen) atoms. The van der Waals surface area contributed by atoms with E-state index in [0.29, 0.717) is 25.3 Å². The minimum atomic E-state index is -1.82. The van der Waals surface area contributed by atoms with Crippen molar-refractivity contribution in [3.8, 4) is 0 Å². The van der Waals surface area contributed by atoms with Crippen LogP contribution in [0.3, 0.4) is 0 Å². The molecule has 1 atom stereocenters. The van der Waals surface area contributed by atoms with Crippen LogP contribution in [0.25, 0.3) is 0 Å². The van der Waals surface area contributed by atoms with Crippen molar-refractivity contribution in [1.82, 2.24) is 20.0 Å². The number of esters is 1. The van der Waals surface area contributed by atoms with Gasteiger partial charge in [-0.15, -0.1) is 0 Å². The number of aliphatic carboxylic acids is 4. The molecular weight excluding hydrogens is 636 g/mol. The number of piperazine rings is 1. The third-order valence-electron chi connectivity index (χ3n) is 6.70. The predicted molar refractivity (Wildman–Crippen MR) is 170 cm³/mol. The normalized spacial score (nSPS) is 13.3. The number of aliphatic hydroxyl groups excluding tert-OH is 1. The third-order valence-corrected chi connectivity index (χ3v) is 6.70. The maximum absolute atomic E-state index is 13.2. The Kier molecular flexibility index (Phi) is 23.0. The maximum Gasteiger partial charge on any atom is 0.414 e. The molecule has 6 N–H and O–H groups in total. The second-order valence-electron chi connectivity index (χ2n) is 10.5. The van der Waals surface area contributed by atoms with Crippen LogP contribution in [0.15, 0.2) is 30.3 Å². The fourth-order valence-corrected chi connectivity index (χ4v) is 4.37. The molecule has 1 aromatic rings. The summed E-state index contributed by atoms with van der Waals surface area (Å²) in [6.07, 6.45) is 2.66. The Morgan fingerprint density at radius 3 is 1.71 bits per heavy atom. The average molecular weight is 685 g/mol. The number of ether oxygens (including phenoxy) is 1. The van der Waals surface area contributed by atoms with Crippen molar-refractivity contribution in [3.05, 3.63) is 35.9 Å². The molecule has 2 amide bonds. The first-order valence-electron chi connectivity index (χ1n) is 15.5. The summed E-state index contributed by atoms with van der Waals surface area (Å²) in [5, 5.41) is 41.5. The van der Waals surface area contributed by atoms with Crippen LogP contribution in [0.1, 0.15) is 56.3 Å². The zero-order valence-electron chi connectivity index (χ0n) is 27.4. The largest absolute Gasteiger partial charge is 0.473 e. The van der Waals surface area contributed by atoms with E-state index in [0.717, 1.165) is 58.5 Å². The minimum absolute atomic E-state index is 0.0669. The molecule has 1 aromatic carbocycles. The standard InChI is InChI=1S/C27H44N4O5.2C2H2O4/c1-3-13-31(14-4-2)27(35)24(28-26(34)23-9-6-5-7-10-23)11-12-25(33)36-22-8-15-29-16-18-30(19-17-29)20-21-32;2*3-1(4)2(5)6/h5-7,9-10,24,32H,3-4,8,11-22H2,1-2H3,(H,28,34);2*(H,3,4)(H,5,6). The molecule has 2 rings (SSSR count). The van der Waals surface area contributed by atoms with Gasteiger partial charge in [-0.25, -0.2) is 19.2 Å². The van der Waals surface area contributed by atoms with E-state index in [1.54, 1.807) is 29.2 Å². The number of carboxylic acids is 4. The number of carboxylic acid groups (broad SMARTS) is 4. The Hall–Kier alpha value is -4.61. The second-order valence-corrected chi connectivity index (χ2v) is 10.5. The number of nitrogens with one attached hydrogen (secondary N) is 1. The number of carbonyl (C=O) groups excluding carboxylic acids is 3. The molecule has 0 bridgehead atoms. The topological polar surface area (TPSA) is 252 Å². The fourth-order valence-electron chi connectivity index (χ4n) is 4.37. The molecular formula is C31H48N4O13. The quantitative estimate of drug-likeness (QED) is 0.0765. The lowest BCUT2D eigenvalue weighted by molar-refractivity contribution is -0.159. The first kappa shape index (κ1) is 43.4. The summed E-state index contributed by atoms with van der Waals surface area (Å²) in [6, 6.07) is 8.01. The molecule has 1 heterocycles. The Bertz CT molecular complexity index is 1100. The molecule has 1 unspecified atom stereocenters. The molecule has 0 aliphatic carbocycles. The zero-order chi connectivity index (χ0) is 36.5. The van der Waals surface area contributed by atoms with Gasteiger partial charge in [0.05, 0.1) is 13.2 Å². The summed E-state index contributed by atoms with van der Waals surface area (Å²) in [7, 11) is 0. The molecule has 0 saturated carbocycles. The Morgan fingerprint density at radius 2 is 1.27 bits per heavy atom. The monoisotopic (exact) mass is 684 g/mol. The van der Waals surface area contributed by atoms with Gasteiger partial charge in [-0.3, -0.25) is 19.3 Å². The number of amides is 2. The molecule has 0 aromatic heterocycles. The van der Waals surface area contributed by atoms with Crippen LogP contribution in [0.5, 0.6) is 0 Å². The van der Waals surface area contributed by atoms with E-state index >= 15 is 0 Å². The van der Waals surface area contributed by atoms with Crippen molar-refractivity contribution in [2.45, 2.75) is 52.0 Å². The van der Waals surface area contributed by atoms with E-state index in [1.165, 1.54) is 0 Å². The van der Waals surface area contributed by atoms with Gasteiger partial charge in [0.2, 0.25) is 5.91 Å². The van der Waals surface area contributed by atoms with Gasteiger partial charge in [0.25, 0.3) is 5.91 Å². The van der Waals surface area contributed by atoms with Crippen LogP contribution in [-0.2, 0) is 33.5 Å². The highest BCUT2D eigenvalue weighted by Gasteiger charge is 2.27. The van der Waals surface area contributed by atoms with Crippen molar-refractivity contribution in [3.63, 3.8) is 0 Å². The van der Waals surface area contributed by atoms with Gasteiger partial charge in [-0.1, -0.05) is 32.0 Å². The molecule has 0 spiro atoms. The highest BCUT2D eigenvalue weighted by molar-refractivity contribution is 6.27. The van der Waals surface area contributed by atoms with Gasteiger partial charge in [-0.2, -0.15) is 0 Å². The number of nitrogens with zero attached hydrogens (tertiary/aromatic N) is 3. The second kappa shape index (κ2) is 25.5. The summed E-state index contributed by atoms with van der Waals surface area (Å²) in [4.78, 5) is 81.1. The van der Waals surface area contributed by atoms with Crippen molar-refractivity contribution in [2.75, 3.05) is 65.6 Å². The molecule has 17 heteroatoms. The predicted octanol–water partition coefficient (Wildman–Crippen LogP) is 0.0682. The zero-order valence-corrected chi connectivity index (χ0v) is 27.4. The lowest BCUT2D eigenvalue weighted by atomic mass is 10.1. The molecule has 1 aliphatic heterocycles. The lowest BCUT2D eigenvalue weighted by Crippen LogP contribution is -2.49. The highest BCUT2D eigenvalue weighted by atomic mass is 16.5. The van der Waals surface area contributed by atoms with Gasteiger partial charge in [-0.05, 0) is 37.8 Å². The fraction of sp³-hybridized carbons (Fsp3) is 0.581. The van der Waals surface area contributed by atoms with Crippen molar-refractivity contribution >= 4 is 41.7 Å². The van der Waals surface area contributed by atoms with Crippen molar-refractivity contribution in [2.24, 2.45) is 0 Å². The number of β-amino-alcohol motifs (C(OH)–C–C–N with tert-alkyl or cyclic N) is 1. The molecule has 1 fully saturated rings. The molecule has 17 nitrogen and oxygen atoms in total. The van der Waals surface area contributed by atoms with Gasteiger partial charge in [0, 0.05) is 64.3 Å². The number of hydrogen-bond acceptors (Lipinski definition) is 11. The minimum Gasteiger partial charge on any atom is -0.473 e. The van der Waals surface area contributed by atoms with E-state index < -0.39 is 29.9 Å². The molecule has 1 aliphatic rings. The lowest BCUT2D eigenvalue weighted by Gasteiger charge is -2.34. The van der Waals surface area contributed by atoms with Gasteiger partial charge in [0.15, 0.2) is 0 Å². The van der Waals surface area contributed by atoms with Crippen molar-refractivity contribution < 1.29 is 63.8 Å². The SMILES string of the molecule is CCCN(CCC)C(=O)C(CCC(=O)OCCCN1CCN(CCO)CC1)NC(=O)c1ccccc1.O=C(O)C(=O)O.O=C(O)C(=O)O. The van der Waals surface area contributed by atoms with Crippen LogP contribution < -0.4 is 5.32 Å². The summed E-state index contributed by atoms with van der Waals surface area (Å²) in [5.41, 5.74) is 0.479. The van der Waals surface area contributed by atoms with Crippen LogP contribution in [0.4, 0.5) is 0 Å². The number of hydrogen-bond donors (Lipinski definition) is 6. The van der Waals surface area contributed by atoms with E-state index in [-0.39, 0.29) is 37.2 Å². The number of benzene rings is 1. The molecule has 1 saturated heterocycles. The molecule has 270 valence electrons. The third kappa shape index (κ3) is 19.8. The van der Waals surface area contributed by atoms with Crippen LogP contribution in [-0.4, -0.2) is 154 Å². The van der Waals surface area contributed by atoms with E-state index in [1.807, 2.05) is 19.9 Å². The summed E-state index contributed by atoms with van der Waals surface area (Å²) < 4.78 is 5.42. The van der Waals surface area contributed by atoms with Crippen LogP contribution in [0.2, 0.25) is 0 Å². The van der Waals surface area contributed by atoms with Crippen molar-refractivity contribution in [1.29, 1.82) is 0 Å². The Labute approximate surface area is 279 Å². The van der Waals surface area contributed by atoms with Gasteiger partial charge < -0.3 is 45.4 Å². The highest BCUT2D eigenvalue weighted by Crippen LogP contribution is 2.09. The number of rotatable bonds is 16. The van der Waals surface area contributed by atoms with E-state index in [4.69, 9.17) is 49.4 Å². The summed E-state index contributed by atoms with van der Waals surface area (Å²) >= 11 is 0. The van der Waals surface area contributed by atoms with Crippen LogP contribution >= 0.6 is 0 Å². The summed E-state index contributed by atoms with van der Waals surface area (Å²) in [5.74, 6) is -8.13. The smallest absolute Gasteiger partial charge is 0.414 e.